The first kappa shape index (κ1) is 33.9. The second kappa shape index (κ2) is 13.1. The number of hydrogen-bond acceptors (Lipinski definition) is 0. The molecule has 266 valence electrons. The van der Waals surface area contributed by atoms with Crippen LogP contribution in [0.3, 0.4) is 0 Å². The summed E-state index contributed by atoms with van der Waals surface area (Å²) in [4.78, 5) is 0. The minimum absolute atomic E-state index is 0.646. The zero-order valence-corrected chi connectivity index (χ0v) is 32.1. The van der Waals surface area contributed by atoms with Crippen LogP contribution in [0.1, 0.15) is 201 Å². The Kier molecular flexibility index (Phi) is 9.41. The topological polar surface area (TPSA) is 0 Å². The summed E-state index contributed by atoms with van der Waals surface area (Å²) in [5.74, 6) is 10.5. The lowest BCUT2D eigenvalue weighted by Gasteiger charge is -2.60. The van der Waals surface area contributed by atoms with Crippen LogP contribution in [0.4, 0.5) is 0 Å². The van der Waals surface area contributed by atoms with Gasteiger partial charge in [0.25, 0.3) is 0 Å². The first-order chi connectivity index (χ1) is 22.6. The standard InChI is InChI=1S/C47H78/c1-33(14-12-18-38-21-22-39-31-34-19-20-35-16-9-11-29-45(35,3)43(34)32-47(38,39)5)13-6-7-15-37-24-26-41-40-25-23-36-17-8-10-28-44(36,2)42(40)27-30-46(37,41)4/h34-43H,1,6-32H2,2-5H3. The first-order valence-electron chi connectivity index (χ1n) is 22.3. The van der Waals surface area contributed by atoms with Gasteiger partial charge in [-0.25, -0.2) is 0 Å². The maximum atomic E-state index is 4.66. The number of fused-ring (bicyclic) bond motifs is 9. The molecule has 0 bridgehead atoms. The molecule has 8 aliphatic carbocycles. The van der Waals surface area contributed by atoms with Crippen molar-refractivity contribution in [2.24, 2.45) is 80.8 Å². The number of hydrogen-bond donors (Lipinski definition) is 0. The van der Waals surface area contributed by atoms with Crippen LogP contribution >= 0.6 is 0 Å². The Morgan fingerprint density at radius 1 is 0.511 bits per heavy atom. The van der Waals surface area contributed by atoms with Crippen molar-refractivity contribution >= 4 is 0 Å². The van der Waals surface area contributed by atoms with E-state index in [1.165, 1.54) is 77.0 Å². The summed E-state index contributed by atoms with van der Waals surface area (Å²) in [7, 11) is 0. The lowest BCUT2D eigenvalue weighted by molar-refractivity contribution is -0.111. The fourth-order valence-electron chi connectivity index (χ4n) is 17.0. The highest BCUT2D eigenvalue weighted by Gasteiger charge is 2.60. The number of unbranched alkanes of at least 4 members (excludes halogenated alkanes) is 1. The van der Waals surface area contributed by atoms with Crippen molar-refractivity contribution in [2.45, 2.75) is 201 Å². The molecule has 0 nitrogen and oxygen atoms in total. The normalized spacial score (nSPS) is 52.0. The van der Waals surface area contributed by atoms with E-state index in [1.54, 1.807) is 102 Å². The quantitative estimate of drug-likeness (QED) is 0.173. The second-order valence-electron chi connectivity index (χ2n) is 21.4. The van der Waals surface area contributed by atoms with Crippen LogP contribution in [0.15, 0.2) is 12.2 Å². The lowest BCUT2D eigenvalue weighted by Crippen LogP contribution is -2.52. The van der Waals surface area contributed by atoms with Gasteiger partial charge >= 0.3 is 0 Å². The molecule has 0 amide bonds. The lowest BCUT2D eigenvalue weighted by atomic mass is 9.45. The van der Waals surface area contributed by atoms with Crippen molar-refractivity contribution in [3.8, 4) is 0 Å². The van der Waals surface area contributed by atoms with Crippen LogP contribution in [0.25, 0.3) is 0 Å². The maximum Gasteiger partial charge on any atom is -0.0266 e. The van der Waals surface area contributed by atoms with Crippen molar-refractivity contribution in [2.75, 3.05) is 0 Å². The number of rotatable bonds is 9. The second-order valence-corrected chi connectivity index (χ2v) is 21.4. The van der Waals surface area contributed by atoms with Gasteiger partial charge in [-0.05, 0) is 222 Å². The van der Waals surface area contributed by atoms with Gasteiger partial charge in [0.1, 0.15) is 0 Å². The maximum absolute atomic E-state index is 4.66. The van der Waals surface area contributed by atoms with E-state index in [2.05, 4.69) is 34.3 Å². The Morgan fingerprint density at radius 3 is 1.91 bits per heavy atom. The van der Waals surface area contributed by atoms with Crippen molar-refractivity contribution < 1.29 is 0 Å². The third-order valence-electron chi connectivity index (χ3n) is 19.9. The van der Waals surface area contributed by atoms with Gasteiger partial charge in [-0.3, -0.25) is 0 Å². The molecule has 47 heavy (non-hydrogen) atoms. The van der Waals surface area contributed by atoms with Gasteiger partial charge in [0, 0.05) is 0 Å². The molecule has 0 aliphatic heterocycles. The molecule has 8 saturated carbocycles. The van der Waals surface area contributed by atoms with Crippen LogP contribution < -0.4 is 0 Å². The van der Waals surface area contributed by atoms with Gasteiger partial charge in [0.05, 0.1) is 0 Å². The molecule has 0 aromatic carbocycles. The van der Waals surface area contributed by atoms with Gasteiger partial charge in [-0.15, -0.1) is 0 Å². The van der Waals surface area contributed by atoms with Crippen LogP contribution in [-0.4, -0.2) is 0 Å². The van der Waals surface area contributed by atoms with Gasteiger partial charge in [-0.2, -0.15) is 0 Å². The van der Waals surface area contributed by atoms with Crippen molar-refractivity contribution in [1.29, 1.82) is 0 Å². The van der Waals surface area contributed by atoms with Crippen molar-refractivity contribution in [3.05, 3.63) is 12.2 Å². The molecule has 0 N–H and O–H groups in total. The Morgan fingerprint density at radius 2 is 1.13 bits per heavy atom. The summed E-state index contributed by atoms with van der Waals surface area (Å²) in [5.41, 5.74) is 4.28. The Bertz CT molecular complexity index is 1120. The Balaban J connectivity index is 0.778. The third-order valence-corrected chi connectivity index (χ3v) is 19.9. The molecule has 0 radical (unpaired) electrons. The van der Waals surface area contributed by atoms with Gasteiger partial charge < -0.3 is 0 Å². The van der Waals surface area contributed by atoms with Crippen LogP contribution in [-0.2, 0) is 0 Å². The van der Waals surface area contributed by atoms with E-state index < -0.39 is 0 Å². The van der Waals surface area contributed by atoms with E-state index in [1.807, 2.05) is 0 Å². The Hall–Kier alpha value is -0.260. The van der Waals surface area contributed by atoms with Gasteiger partial charge in [0.15, 0.2) is 0 Å². The van der Waals surface area contributed by atoms with E-state index >= 15 is 0 Å². The summed E-state index contributed by atoms with van der Waals surface area (Å²) in [6, 6.07) is 0. The van der Waals surface area contributed by atoms with E-state index in [0.717, 1.165) is 59.2 Å². The molecule has 0 aromatic heterocycles. The average molecular weight is 643 g/mol. The molecule has 8 fully saturated rings. The molecular formula is C47H78. The third kappa shape index (κ3) is 5.72. The summed E-state index contributed by atoms with van der Waals surface area (Å²) >= 11 is 0. The zero-order chi connectivity index (χ0) is 32.4. The van der Waals surface area contributed by atoms with E-state index in [0.29, 0.717) is 21.7 Å². The predicted octanol–water partition coefficient (Wildman–Crippen LogP) is 14.4. The molecule has 14 unspecified atom stereocenters. The van der Waals surface area contributed by atoms with Crippen LogP contribution in [0.5, 0.6) is 0 Å². The highest BCUT2D eigenvalue weighted by atomic mass is 14.7. The number of allylic oxidation sites excluding steroid dienone is 1. The molecule has 0 spiro atoms. The van der Waals surface area contributed by atoms with Crippen molar-refractivity contribution in [1.82, 2.24) is 0 Å². The molecule has 8 aliphatic rings. The minimum Gasteiger partial charge on any atom is -0.0999 e. The van der Waals surface area contributed by atoms with Crippen LogP contribution in [0.2, 0.25) is 0 Å². The molecule has 8 rings (SSSR count). The van der Waals surface area contributed by atoms with E-state index in [-0.39, 0.29) is 0 Å². The highest BCUT2D eigenvalue weighted by Crippen LogP contribution is 2.69. The molecule has 0 heteroatoms. The van der Waals surface area contributed by atoms with Gasteiger partial charge in [-0.1, -0.05) is 72.0 Å². The minimum atomic E-state index is 0.646. The summed E-state index contributed by atoms with van der Waals surface area (Å²) < 4.78 is 0. The average Bonchev–Trinajstić information content (AvgIpc) is 3.57. The van der Waals surface area contributed by atoms with E-state index in [9.17, 15) is 0 Å². The van der Waals surface area contributed by atoms with Crippen LogP contribution in [0, 0.1) is 80.8 Å². The fourth-order valence-corrected chi connectivity index (χ4v) is 17.0. The zero-order valence-electron chi connectivity index (χ0n) is 32.1. The first-order valence-corrected chi connectivity index (χ1v) is 22.3. The summed E-state index contributed by atoms with van der Waals surface area (Å²) in [6.07, 6.45) is 41.0. The largest absolute Gasteiger partial charge is 0.0999 e. The fraction of sp³-hybridized carbons (Fsp3) is 0.957. The molecule has 14 atom stereocenters. The summed E-state index contributed by atoms with van der Waals surface area (Å²) in [5, 5.41) is 0. The summed E-state index contributed by atoms with van der Waals surface area (Å²) in [6.45, 7) is 15.8. The van der Waals surface area contributed by atoms with Crippen molar-refractivity contribution in [3.63, 3.8) is 0 Å². The highest BCUT2D eigenvalue weighted by molar-refractivity contribution is 5.10. The predicted molar refractivity (Wildman–Crippen MR) is 201 cm³/mol. The molecule has 0 saturated heterocycles. The SMILES string of the molecule is C=C(CCCCC1CCC2C3CCC4CCCCC4(C)C3CCC12C)CCCC1CCC2CC3CCC4CCCCC4(C)C3CC12C. The molecule has 0 aromatic rings. The molecule has 0 heterocycles. The monoisotopic (exact) mass is 643 g/mol. The smallest absolute Gasteiger partial charge is 0.0266 e. The van der Waals surface area contributed by atoms with E-state index in [4.69, 9.17) is 0 Å². The molecular weight excluding hydrogens is 565 g/mol. The Labute approximate surface area is 293 Å². The van der Waals surface area contributed by atoms with Gasteiger partial charge in [0.2, 0.25) is 0 Å².